The molecule has 0 radical (unpaired) electrons. The molecule has 2 rings (SSSR count). The molecule has 0 spiro atoms. The van der Waals surface area contributed by atoms with Gasteiger partial charge in [-0.25, -0.2) is 9.59 Å². The fraction of sp³-hybridized carbons (Fsp3) is 0.267. The van der Waals surface area contributed by atoms with Crippen LogP contribution in [0.3, 0.4) is 0 Å². The van der Waals surface area contributed by atoms with Crippen molar-refractivity contribution >= 4 is 28.6 Å². The van der Waals surface area contributed by atoms with Crippen LogP contribution in [0, 0.1) is 0 Å². The number of benzene rings is 1. The predicted molar refractivity (Wildman–Crippen MR) is 89.6 cm³/mol. The molecule has 8 nitrogen and oxygen atoms in total. The van der Waals surface area contributed by atoms with Crippen molar-refractivity contribution in [3.63, 3.8) is 0 Å². The van der Waals surface area contributed by atoms with Gasteiger partial charge in [-0.1, -0.05) is 12.1 Å². The number of amides is 2. The Morgan fingerprint density at radius 1 is 1.35 bits per heavy atom. The van der Waals surface area contributed by atoms with E-state index in [-0.39, 0.29) is 12.0 Å². The van der Waals surface area contributed by atoms with Crippen molar-refractivity contribution in [3.05, 3.63) is 40.8 Å². The van der Waals surface area contributed by atoms with Gasteiger partial charge in [-0.05, 0) is 18.6 Å². The van der Waals surface area contributed by atoms with Gasteiger partial charge in [0.2, 0.25) is 0 Å². The number of guanidine groups is 1. The van der Waals surface area contributed by atoms with Crippen LogP contribution in [0.25, 0.3) is 11.0 Å². The first kappa shape index (κ1) is 16.3. The number of fused-ring (bicyclic) bond motifs is 1. The number of anilines is 1. The molecule has 0 unspecified atom stereocenters. The minimum absolute atomic E-state index is 0.0240. The molecule has 0 aliphatic rings. The Morgan fingerprint density at radius 2 is 2.09 bits per heavy atom. The highest BCUT2D eigenvalue weighted by Crippen LogP contribution is 2.23. The van der Waals surface area contributed by atoms with Crippen molar-refractivity contribution in [3.8, 4) is 0 Å². The maximum absolute atomic E-state index is 12.2. The Bertz CT molecular complexity index is 780. The van der Waals surface area contributed by atoms with Crippen molar-refractivity contribution in [2.24, 2.45) is 16.5 Å². The maximum atomic E-state index is 12.2. The maximum Gasteiger partial charge on any atom is 0.338 e. The van der Waals surface area contributed by atoms with Crippen LogP contribution in [-0.4, -0.2) is 32.1 Å². The van der Waals surface area contributed by atoms with Crippen molar-refractivity contribution in [2.75, 3.05) is 25.0 Å². The van der Waals surface area contributed by atoms with Crippen LogP contribution in [0.4, 0.5) is 10.5 Å². The standard InChI is InChI=1S/C15H19N5O3/c1-20(15(22)19-8-4-7-18-14(16)17)11-9-13(21)23-12-6-3-2-5-10(11)12/h2-3,5-6,9H,4,7-8H2,1H3,(H,19,22)(H4,16,17,18). The summed E-state index contributed by atoms with van der Waals surface area (Å²) in [4.78, 5) is 29.0. The van der Waals surface area contributed by atoms with E-state index in [1.54, 1.807) is 25.2 Å². The number of carbonyl (C=O) groups is 1. The van der Waals surface area contributed by atoms with Crippen LogP contribution in [0.15, 0.2) is 44.5 Å². The van der Waals surface area contributed by atoms with E-state index >= 15 is 0 Å². The average molecular weight is 317 g/mol. The third-order valence-corrected chi connectivity index (χ3v) is 3.20. The van der Waals surface area contributed by atoms with Gasteiger partial charge in [-0.2, -0.15) is 0 Å². The van der Waals surface area contributed by atoms with Crippen molar-refractivity contribution in [1.82, 2.24) is 5.32 Å². The first-order valence-electron chi connectivity index (χ1n) is 7.09. The van der Waals surface area contributed by atoms with Crippen LogP contribution in [-0.2, 0) is 0 Å². The highest BCUT2D eigenvalue weighted by Gasteiger charge is 2.15. The van der Waals surface area contributed by atoms with Gasteiger partial charge in [0, 0.05) is 31.6 Å². The molecule has 1 aromatic heterocycles. The van der Waals surface area contributed by atoms with Gasteiger partial charge in [0.05, 0.1) is 5.69 Å². The van der Waals surface area contributed by atoms with E-state index in [4.69, 9.17) is 15.9 Å². The zero-order valence-electron chi connectivity index (χ0n) is 12.8. The second-order valence-electron chi connectivity index (χ2n) is 4.90. The van der Waals surface area contributed by atoms with E-state index in [0.29, 0.717) is 36.2 Å². The summed E-state index contributed by atoms with van der Waals surface area (Å²) in [6.45, 7) is 0.851. The minimum Gasteiger partial charge on any atom is -0.423 e. The summed E-state index contributed by atoms with van der Waals surface area (Å²) in [5, 5.41) is 3.43. The summed E-state index contributed by atoms with van der Waals surface area (Å²) in [6.07, 6.45) is 0.606. The largest absolute Gasteiger partial charge is 0.423 e. The zero-order valence-corrected chi connectivity index (χ0v) is 12.8. The molecule has 0 saturated carbocycles. The SMILES string of the molecule is CN(C(=O)NCCCN=C(N)N)c1cc(=O)oc2ccccc12. The predicted octanol–water partition coefficient (Wildman–Crippen LogP) is 0.602. The number of nitrogens with two attached hydrogens (primary N) is 2. The van der Waals surface area contributed by atoms with Crippen LogP contribution in [0.5, 0.6) is 0 Å². The average Bonchev–Trinajstić information content (AvgIpc) is 2.52. The molecule has 122 valence electrons. The lowest BCUT2D eigenvalue weighted by Gasteiger charge is -2.19. The van der Waals surface area contributed by atoms with E-state index in [2.05, 4.69) is 10.3 Å². The fourth-order valence-corrected chi connectivity index (χ4v) is 2.08. The number of hydrogen-bond acceptors (Lipinski definition) is 4. The number of urea groups is 1. The van der Waals surface area contributed by atoms with E-state index in [9.17, 15) is 9.59 Å². The number of nitrogens with zero attached hydrogens (tertiary/aromatic N) is 2. The monoisotopic (exact) mass is 317 g/mol. The van der Waals surface area contributed by atoms with E-state index in [0.717, 1.165) is 0 Å². The normalized spacial score (nSPS) is 10.3. The quantitative estimate of drug-likeness (QED) is 0.322. The summed E-state index contributed by atoms with van der Waals surface area (Å²) in [6, 6.07) is 8.01. The Labute approximate surface area is 132 Å². The molecule has 1 heterocycles. The summed E-state index contributed by atoms with van der Waals surface area (Å²) in [5.74, 6) is 0.0240. The smallest absolute Gasteiger partial charge is 0.338 e. The summed E-state index contributed by atoms with van der Waals surface area (Å²) in [7, 11) is 1.59. The molecule has 0 fully saturated rings. The fourth-order valence-electron chi connectivity index (χ4n) is 2.08. The van der Waals surface area contributed by atoms with Crippen molar-refractivity contribution < 1.29 is 9.21 Å². The highest BCUT2D eigenvalue weighted by atomic mass is 16.4. The topological polar surface area (TPSA) is 127 Å². The molecular weight excluding hydrogens is 298 g/mol. The van der Waals surface area contributed by atoms with Gasteiger partial charge in [0.25, 0.3) is 0 Å². The second kappa shape index (κ2) is 7.30. The molecule has 23 heavy (non-hydrogen) atoms. The van der Waals surface area contributed by atoms with Gasteiger partial charge < -0.3 is 21.2 Å². The van der Waals surface area contributed by atoms with Crippen LogP contribution in [0.1, 0.15) is 6.42 Å². The van der Waals surface area contributed by atoms with Crippen LogP contribution < -0.4 is 27.3 Å². The molecule has 0 aliphatic heterocycles. The Balaban J connectivity index is 2.08. The third-order valence-electron chi connectivity index (χ3n) is 3.20. The Morgan fingerprint density at radius 3 is 2.83 bits per heavy atom. The zero-order chi connectivity index (χ0) is 16.8. The molecule has 2 aromatic rings. The molecule has 0 atom stereocenters. The van der Waals surface area contributed by atoms with Crippen molar-refractivity contribution in [2.45, 2.75) is 6.42 Å². The number of aliphatic imine (C=N–C) groups is 1. The number of hydrogen-bond donors (Lipinski definition) is 3. The summed E-state index contributed by atoms with van der Waals surface area (Å²) < 4.78 is 5.12. The number of nitrogens with one attached hydrogen (secondary N) is 1. The van der Waals surface area contributed by atoms with Gasteiger partial charge in [-0.3, -0.25) is 9.89 Å². The van der Waals surface area contributed by atoms with Gasteiger partial charge in [0.15, 0.2) is 5.96 Å². The minimum atomic E-state index is -0.508. The molecule has 0 saturated heterocycles. The summed E-state index contributed by atoms with van der Waals surface area (Å²) >= 11 is 0. The molecule has 1 aromatic carbocycles. The number of rotatable bonds is 5. The lowest BCUT2D eigenvalue weighted by Crippen LogP contribution is -2.38. The van der Waals surface area contributed by atoms with Crippen LogP contribution in [0.2, 0.25) is 0 Å². The lowest BCUT2D eigenvalue weighted by atomic mass is 10.2. The molecule has 5 N–H and O–H groups in total. The molecule has 8 heteroatoms. The summed E-state index contributed by atoms with van der Waals surface area (Å²) in [5.41, 5.74) is 10.8. The van der Waals surface area contributed by atoms with E-state index in [1.165, 1.54) is 11.0 Å². The molecule has 2 amide bonds. The van der Waals surface area contributed by atoms with Crippen molar-refractivity contribution in [1.29, 1.82) is 0 Å². The van der Waals surface area contributed by atoms with Gasteiger partial charge in [0.1, 0.15) is 5.58 Å². The van der Waals surface area contributed by atoms with Crippen LogP contribution >= 0.6 is 0 Å². The Hall–Kier alpha value is -3.03. The third kappa shape index (κ3) is 4.22. The Kier molecular flexibility index (Phi) is 5.19. The van der Waals surface area contributed by atoms with E-state index in [1.807, 2.05) is 6.07 Å². The van der Waals surface area contributed by atoms with Gasteiger partial charge >= 0.3 is 11.7 Å². The van der Waals surface area contributed by atoms with E-state index < -0.39 is 5.63 Å². The second-order valence-corrected chi connectivity index (χ2v) is 4.90. The van der Waals surface area contributed by atoms with Gasteiger partial charge in [-0.15, -0.1) is 0 Å². The highest BCUT2D eigenvalue weighted by molar-refractivity contribution is 6.00. The first-order valence-corrected chi connectivity index (χ1v) is 7.09. The molecule has 0 aliphatic carbocycles. The number of carbonyl (C=O) groups excluding carboxylic acids is 1. The first-order chi connectivity index (χ1) is 11.0. The lowest BCUT2D eigenvalue weighted by molar-refractivity contribution is 0.247. The number of para-hydroxylation sites is 1. The molecule has 0 bridgehead atoms. The molecular formula is C15H19N5O3.